The van der Waals surface area contributed by atoms with Gasteiger partial charge in [-0.15, -0.1) is 0 Å². The molecule has 1 amide bonds. The first kappa shape index (κ1) is 14.4. The molecular weight excluding hydrogens is 259 g/mol. The lowest BCUT2D eigenvalue weighted by atomic mass is 10.1. The Morgan fingerprint density at radius 3 is 1.83 bits per heavy atom. The van der Waals surface area contributed by atoms with E-state index in [-0.39, 0.29) is 6.54 Å². The third kappa shape index (κ3) is 2.42. The third-order valence-electron chi connectivity index (χ3n) is 2.26. The van der Waals surface area contributed by atoms with Crippen LogP contribution in [0.25, 0.3) is 0 Å². The van der Waals surface area contributed by atoms with Gasteiger partial charge in [-0.2, -0.15) is 0 Å². The zero-order valence-corrected chi connectivity index (χ0v) is 9.16. The zero-order chi connectivity index (χ0) is 14.0. The van der Waals surface area contributed by atoms with Crippen molar-refractivity contribution in [2.24, 2.45) is 11.7 Å². The molecule has 18 heavy (non-hydrogen) atoms. The van der Waals surface area contributed by atoms with Crippen LogP contribution < -0.4 is 11.1 Å². The zero-order valence-electron chi connectivity index (χ0n) is 9.16. The highest BCUT2D eigenvalue weighted by atomic mass is 19.2. The van der Waals surface area contributed by atoms with Gasteiger partial charge in [-0.25, -0.2) is 22.0 Å². The van der Waals surface area contributed by atoms with Gasteiger partial charge in [0, 0.05) is 12.5 Å². The maximum absolute atomic E-state index is 13.2. The molecule has 0 aliphatic carbocycles. The minimum atomic E-state index is -2.28. The van der Waals surface area contributed by atoms with E-state index in [4.69, 9.17) is 5.73 Å². The van der Waals surface area contributed by atoms with Crippen molar-refractivity contribution in [1.29, 1.82) is 0 Å². The van der Waals surface area contributed by atoms with Crippen LogP contribution in [-0.4, -0.2) is 12.5 Å². The first-order valence-electron chi connectivity index (χ1n) is 4.83. The van der Waals surface area contributed by atoms with Crippen LogP contribution >= 0.6 is 0 Å². The molecule has 0 fully saturated rings. The molecule has 0 radical (unpaired) electrons. The van der Waals surface area contributed by atoms with E-state index in [1.807, 2.05) is 0 Å². The smallest absolute Gasteiger partial charge is 0.228 e. The second-order valence-electron chi connectivity index (χ2n) is 3.57. The Morgan fingerprint density at radius 2 is 1.44 bits per heavy atom. The fourth-order valence-electron chi connectivity index (χ4n) is 1.07. The van der Waals surface area contributed by atoms with E-state index in [0.717, 1.165) is 0 Å². The van der Waals surface area contributed by atoms with Crippen molar-refractivity contribution in [3.63, 3.8) is 0 Å². The molecule has 8 heteroatoms. The summed E-state index contributed by atoms with van der Waals surface area (Å²) < 4.78 is 64.6. The molecule has 100 valence electrons. The molecule has 0 aromatic heterocycles. The lowest BCUT2D eigenvalue weighted by Crippen LogP contribution is -2.28. The molecule has 1 rings (SSSR count). The summed E-state index contributed by atoms with van der Waals surface area (Å²) in [6, 6.07) is 0. The molecule has 0 aliphatic rings. The van der Waals surface area contributed by atoms with Gasteiger partial charge >= 0.3 is 0 Å². The standard InChI is InChI=1S/C10H9F5N2O/c1-3(2-16)10(18)17-9-7(14)5(12)4(11)6(13)8(9)15/h3H,2,16H2,1H3,(H,17,18). The van der Waals surface area contributed by atoms with E-state index in [1.54, 1.807) is 5.32 Å². The molecule has 0 saturated carbocycles. The van der Waals surface area contributed by atoms with Crippen LogP contribution in [0, 0.1) is 35.0 Å². The van der Waals surface area contributed by atoms with Crippen LogP contribution in [0.4, 0.5) is 27.6 Å². The minimum absolute atomic E-state index is 0.138. The largest absolute Gasteiger partial charge is 0.330 e. The van der Waals surface area contributed by atoms with E-state index in [2.05, 4.69) is 0 Å². The van der Waals surface area contributed by atoms with Crippen LogP contribution in [0.5, 0.6) is 0 Å². The molecule has 0 bridgehead atoms. The normalized spacial score (nSPS) is 12.4. The molecule has 1 unspecified atom stereocenters. The van der Waals surface area contributed by atoms with Crippen molar-refractivity contribution in [2.75, 3.05) is 11.9 Å². The topological polar surface area (TPSA) is 55.1 Å². The Kier molecular flexibility index (Phi) is 4.23. The summed E-state index contributed by atoms with van der Waals surface area (Å²) in [6.45, 7) is 1.20. The molecule has 1 atom stereocenters. The Hall–Kier alpha value is -1.70. The summed E-state index contributed by atoms with van der Waals surface area (Å²) >= 11 is 0. The number of benzene rings is 1. The van der Waals surface area contributed by atoms with Crippen LogP contribution in [0.2, 0.25) is 0 Å². The van der Waals surface area contributed by atoms with Gasteiger partial charge in [0.2, 0.25) is 11.7 Å². The van der Waals surface area contributed by atoms with E-state index < -0.39 is 46.6 Å². The molecule has 1 aromatic carbocycles. The lowest BCUT2D eigenvalue weighted by Gasteiger charge is -2.12. The summed E-state index contributed by atoms with van der Waals surface area (Å²) in [5.74, 6) is -12.5. The quantitative estimate of drug-likeness (QED) is 0.500. The molecule has 3 N–H and O–H groups in total. The van der Waals surface area contributed by atoms with Gasteiger partial charge in [0.1, 0.15) is 5.69 Å². The summed E-state index contributed by atoms with van der Waals surface area (Å²) in [5.41, 5.74) is 3.75. The Morgan fingerprint density at radius 1 is 1.06 bits per heavy atom. The highest BCUT2D eigenvalue weighted by molar-refractivity contribution is 5.92. The van der Waals surface area contributed by atoms with Crippen molar-refractivity contribution in [3.05, 3.63) is 29.1 Å². The SMILES string of the molecule is CC(CN)C(=O)Nc1c(F)c(F)c(F)c(F)c1F. The van der Waals surface area contributed by atoms with Crippen LogP contribution in [0.3, 0.4) is 0 Å². The van der Waals surface area contributed by atoms with Crippen molar-refractivity contribution in [3.8, 4) is 0 Å². The maximum Gasteiger partial charge on any atom is 0.228 e. The molecule has 0 spiro atoms. The van der Waals surface area contributed by atoms with Gasteiger partial charge in [-0.1, -0.05) is 6.92 Å². The summed E-state index contributed by atoms with van der Waals surface area (Å²) in [5, 5.41) is 1.62. The number of nitrogens with one attached hydrogen (secondary N) is 1. The van der Waals surface area contributed by atoms with Gasteiger partial charge in [0.05, 0.1) is 0 Å². The second-order valence-corrected chi connectivity index (χ2v) is 3.57. The van der Waals surface area contributed by atoms with Crippen LogP contribution in [-0.2, 0) is 4.79 Å². The first-order chi connectivity index (χ1) is 8.31. The van der Waals surface area contributed by atoms with E-state index in [0.29, 0.717) is 0 Å². The number of amides is 1. The number of rotatable bonds is 3. The number of halogens is 5. The summed E-state index contributed by atoms with van der Waals surface area (Å²) in [7, 11) is 0. The Balaban J connectivity index is 3.22. The van der Waals surface area contributed by atoms with E-state index in [9.17, 15) is 26.7 Å². The molecule has 1 aromatic rings. The molecular formula is C10H9F5N2O. The monoisotopic (exact) mass is 268 g/mol. The maximum atomic E-state index is 13.2. The summed E-state index contributed by atoms with van der Waals surface area (Å²) in [4.78, 5) is 11.3. The number of carbonyl (C=O) groups is 1. The fourth-order valence-corrected chi connectivity index (χ4v) is 1.07. The predicted molar refractivity (Wildman–Crippen MR) is 53.1 cm³/mol. The average molecular weight is 268 g/mol. The summed E-state index contributed by atoms with van der Waals surface area (Å²) in [6.07, 6.45) is 0. The minimum Gasteiger partial charge on any atom is -0.330 e. The van der Waals surface area contributed by atoms with Gasteiger partial charge in [0.15, 0.2) is 23.3 Å². The van der Waals surface area contributed by atoms with E-state index in [1.165, 1.54) is 6.92 Å². The lowest BCUT2D eigenvalue weighted by molar-refractivity contribution is -0.119. The predicted octanol–water partition coefficient (Wildman–Crippen LogP) is 1.92. The number of carbonyl (C=O) groups excluding carboxylic acids is 1. The highest BCUT2D eigenvalue weighted by Gasteiger charge is 2.27. The van der Waals surface area contributed by atoms with Gasteiger partial charge < -0.3 is 11.1 Å². The van der Waals surface area contributed by atoms with E-state index >= 15 is 0 Å². The number of hydrogen-bond acceptors (Lipinski definition) is 2. The number of hydrogen-bond donors (Lipinski definition) is 2. The van der Waals surface area contributed by atoms with Crippen LogP contribution in [0.1, 0.15) is 6.92 Å². The van der Waals surface area contributed by atoms with Gasteiger partial charge in [-0.05, 0) is 0 Å². The Labute approximate surface area is 98.8 Å². The Bertz CT molecular complexity index is 463. The number of anilines is 1. The molecule has 0 aliphatic heterocycles. The van der Waals surface area contributed by atoms with Crippen molar-refractivity contribution < 1.29 is 26.7 Å². The molecule has 0 saturated heterocycles. The number of nitrogens with two attached hydrogens (primary N) is 1. The van der Waals surface area contributed by atoms with Gasteiger partial charge in [-0.3, -0.25) is 4.79 Å². The van der Waals surface area contributed by atoms with Crippen molar-refractivity contribution in [1.82, 2.24) is 0 Å². The highest BCUT2D eigenvalue weighted by Crippen LogP contribution is 2.27. The fraction of sp³-hybridized carbons (Fsp3) is 0.300. The average Bonchev–Trinajstić information content (AvgIpc) is 2.37. The van der Waals surface area contributed by atoms with Crippen molar-refractivity contribution >= 4 is 11.6 Å². The molecule has 3 nitrogen and oxygen atoms in total. The van der Waals surface area contributed by atoms with Crippen LogP contribution in [0.15, 0.2) is 0 Å². The third-order valence-corrected chi connectivity index (χ3v) is 2.26. The molecule has 0 heterocycles. The first-order valence-corrected chi connectivity index (χ1v) is 4.83. The van der Waals surface area contributed by atoms with Gasteiger partial charge in [0.25, 0.3) is 0 Å². The second kappa shape index (κ2) is 5.30. The van der Waals surface area contributed by atoms with Crippen molar-refractivity contribution in [2.45, 2.75) is 6.92 Å².